The normalized spacial score (nSPS) is 9.38. The Hall–Kier alpha value is -2.08. The molecule has 6 nitrogen and oxygen atoms in total. The summed E-state index contributed by atoms with van der Waals surface area (Å²) in [4.78, 5) is 22.4. The zero-order chi connectivity index (χ0) is 12.0. The third kappa shape index (κ3) is 3.25. The van der Waals surface area contributed by atoms with Gasteiger partial charge in [0.2, 0.25) is 5.91 Å². The molecule has 0 aliphatic carbocycles. The number of nitrogens with two attached hydrogens (primary N) is 1. The maximum Gasteiger partial charge on any atom is 0.251 e. The van der Waals surface area contributed by atoms with Crippen LogP contribution in [0, 0.1) is 0 Å². The monoisotopic (exact) mass is 222 g/mol. The van der Waals surface area contributed by atoms with Crippen molar-refractivity contribution in [3.8, 4) is 0 Å². The summed E-state index contributed by atoms with van der Waals surface area (Å²) in [5.41, 5.74) is 3.64. The molecule has 1 aromatic rings. The van der Waals surface area contributed by atoms with Gasteiger partial charge in [0.05, 0.1) is 6.54 Å². The van der Waals surface area contributed by atoms with Crippen LogP contribution < -0.4 is 21.9 Å². The van der Waals surface area contributed by atoms with E-state index in [4.69, 9.17) is 5.84 Å². The Morgan fingerprint density at radius 1 is 1.25 bits per heavy atom. The summed E-state index contributed by atoms with van der Waals surface area (Å²) >= 11 is 0. The second-order valence-electron chi connectivity index (χ2n) is 3.08. The first-order chi connectivity index (χ1) is 7.67. The van der Waals surface area contributed by atoms with E-state index in [1.807, 2.05) is 0 Å². The second-order valence-corrected chi connectivity index (χ2v) is 3.08. The summed E-state index contributed by atoms with van der Waals surface area (Å²) < 4.78 is 0. The highest BCUT2D eigenvalue weighted by atomic mass is 16.2. The molecule has 0 unspecified atom stereocenters. The van der Waals surface area contributed by atoms with Gasteiger partial charge in [0.1, 0.15) is 0 Å². The number of benzene rings is 1. The first-order valence-corrected chi connectivity index (χ1v) is 4.73. The molecule has 1 aromatic carbocycles. The lowest BCUT2D eigenvalue weighted by Gasteiger charge is -2.05. The molecule has 0 radical (unpaired) electrons. The van der Waals surface area contributed by atoms with E-state index in [-0.39, 0.29) is 18.4 Å². The molecule has 1 rings (SSSR count). The van der Waals surface area contributed by atoms with E-state index in [0.717, 1.165) is 0 Å². The molecule has 6 heteroatoms. The van der Waals surface area contributed by atoms with Gasteiger partial charge in [-0.2, -0.15) is 0 Å². The molecular formula is C10H14N4O2. The van der Waals surface area contributed by atoms with Crippen LogP contribution in [0.3, 0.4) is 0 Å². The van der Waals surface area contributed by atoms with E-state index in [0.29, 0.717) is 11.3 Å². The first kappa shape index (κ1) is 12.0. The van der Waals surface area contributed by atoms with Gasteiger partial charge >= 0.3 is 0 Å². The standard InChI is InChI=1S/C10H14N4O2/c1-12-9(15)6-13-10(16)7-2-4-8(14-11)5-3-7/h2-5,14H,6,11H2,1H3,(H,12,15)(H,13,16). The minimum atomic E-state index is -0.299. The third-order valence-electron chi connectivity index (χ3n) is 2.00. The highest BCUT2D eigenvalue weighted by Crippen LogP contribution is 2.07. The van der Waals surface area contributed by atoms with Crippen LogP contribution in [0.1, 0.15) is 10.4 Å². The van der Waals surface area contributed by atoms with E-state index < -0.39 is 0 Å². The minimum Gasteiger partial charge on any atom is -0.358 e. The Labute approximate surface area is 93.2 Å². The fraction of sp³-hybridized carbons (Fsp3) is 0.200. The topological polar surface area (TPSA) is 96.2 Å². The summed E-state index contributed by atoms with van der Waals surface area (Å²) in [6, 6.07) is 6.59. The quantitative estimate of drug-likeness (QED) is 0.406. The van der Waals surface area contributed by atoms with Crippen molar-refractivity contribution in [2.75, 3.05) is 19.0 Å². The van der Waals surface area contributed by atoms with Gasteiger partial charge in [-0.25, -0.2) is 0 Å². The highest BCUT2D eigenvalue weighted by molar-refractivity contribution is 5.96. The Morgan fingerprint density at radius 3 is 2.38 bits per heavy atom. The summed E-state index contributed by atoms with van der Waals surface area (Å²) in [7, 11) is 1.51. The van der Waals surface area contributed by atoms with E-state index in [1.165, 1.54) is 7.05 Å². The first-order valence-electron chi connectivity index (χ1n) is 4.73. The number of hydrogen-bond acceptors (Lipinski definition) is 4. The summed E-state index contributed by atoms with van der Waals surface area (Å²) in [6.45, 7) is -0.0355. The number of amides is 2. The second kappa shape index (κ2) is 5.72. The van der Waals surface area contributed by atoms with Gasteiger partial charge in [-0.3, -0.25) is 15.4 Å². The lowest BCUT2D eigenvalue weighted by Crippen LogP contribution is -2.35. The number of carbonyl (C=O) groups excluding carboxylic acids is 2. The van der Waals surface area contributed by atoms with Gasteiger partial charge in [0, 0.05) is 18.3 Å². The van der Waals surface area contributed by atoms with Crippen LogP contribution >= 0.6 is 0 Å². The lowest BCUT2D eigenvalue weighted by molar-refractivity contribution is -0.119. The lowest BCUT2D eigenvalue weighted by atomic mass is 10.2. The Morgan fingerprint density at radius 2 is 1.88 bits per heavy atom. The predicted molar refractivity (Wildman–Crippen MR) is 60.7 cm³/mol. The van der Waals surface area contributed by atoms with E-state index in [1.54, 1.807) is 24.3 Å². The fourth-order valence-corrected chi connectivity index (χ4v) is 1.07. The van der Waals surface area contributed by atoms with Crippen molar-refractivity contribution in [1.82, 2.24) is 10.6 Å². The highest BCUT2D eigenvalue weighted by Gasteiger charge is 2.06. The van der Waals surface area contributed by atoms with Crippen LogP contribution in [0.2, 0.25) is 0 Å². The van der Waals surface area contributed by atoms with Crippen molar-refractivity contribution in [2.45, 2.75) is 0 Å². The largest absolute Gasteiger partial charge is 0.358 e. The van der Waals surface area contributed by atoms with Crippen molar-refractivity contribution in [3.63, 3.8) is 0 Å². The zero-order valence-electron chi connectivity index (χ0n) is 8.91. The molecule has 0 saturated carbocycles. The summed E-state index contributed by atoms with van der Waals surface area (Å²) in [5, 5.41) is 4.89. The molecule has 0 fully saturated rings. The number of anilines is 1. The van der Waals surface area contributed by atoms with Crippen LogP contribution in [0.5, 0.6) is 0 Å². The molecule has 0 aromatic heterocycles. The van der Waals surface area contributed by atoms with Crippen LogP contribution in [-0.2, 0) is 4.79 Å². The van der Waals surface area contributed by atoms with Gasteiger partial charge in [0.15, 0.2) is 0 Å². The number of nitrogen functional groups attached to an aromatic ring is 1. The molecule has 0 bridgehead atoms. The maximum atomic E-state index is 11.5. The molecule has 0 aliphatic rings. The number of nitrogens with one attached hydrogen (secondary N) is 3. The van der Waals surface area contributed by atoms with E-state index in [9.17, 15) is 9.59 Å². The van der Waals surface area contributed by atoms with Gasteiger partial charge in [-0.1, -0.05) is 0 Å². The molecular weight excluding hydrogens is 208 g/mol. The average molecular weight is 222 g/mol. The van der Waals surface area contributed by atoms with Gasteiger partial charge < -0.3 is 16.1 Å². The number of hydrogen-bond donors (Lipinski definition) is 4. The van der Waals surface area contributed by atoms with Gasteiger partial charge in [-0.15, -0.1) is 0 Å². The molecule has 0 atom stereocenters. The number of carbonyl (C=O) groups is 2. The molecule has 16 heavy (non-hydrogen) atoms. The molecule has 0 saturated heterocycles. The third-order valence-corrected chi connectivity index (χ3v) is 2.00. The number of likely N-dealkylation sites (N-methyl/N-ethyl adjacent to an activating group) is 1. The average Bonchev–Trinajstić information content (AvgIpc) is 2.35. The maximum absolute atomic E-state index is 11.5. The minimum absolute atomic E-state index is 0.0355. The van der Waals surface area contributed by atoms with Crippen molar-refractivity contribution >= 4 is 17.5 Å². The number of rotatable bonds is 4. The SMILES string of the molecule is CNC(=O)CNC(=O)c1ccc(NN)cc1. The number of hydrazine groups is 1. The smallest absolute Gasteiger partial charge is 0.251 e. The molecule has 0 spiro atoms. The van der Waals surface area contributed by atoms with Crippen LogP contribution in [0.15, 0.2) is 24.3 Å². The Bertz CT molecular complexity index is 375. The van der Waals surface area contributed by atoms with Crippen molar-refractivity contribution in [1.29, 1.82) is 0 Å². The zero-order valence-corrected chi connectivity index (χ0v) is 8.91. The molecule has 86 valence electrons. The van der Waals surface area contributed by atoms with Crippen LogP contribution in [-0.4, -0.2) is 25.4 Å². The predicted octanol–water partition coefficient (Wildman–Crippen LogP) is -0.552. The van der Waals surface area contributed by atoms with E-state index >= 15 is 0 Å². The molecule has 0 aliphatic heterocycles. The van der Waals surface area contributed by atoms with Crippen LogP contribution in [0.25, 0.3) is 0 Å². The summed E-state index contributed by atoms with van der Waals surface area (Å²) in [6.07, 6.45) is 0. The molecule has 5 N–H and O–H groups in total. The van der Waals surface area contributed by atoms with Crippen molar-refractivity contribution in [2.24, 2.45) is 5.84 Å². The Kier molecular flexibility index (Phi) is 4.28. The van der Waals surface area contributed by atoms with Crippen molar-refractivity contribution in [3.05, 3.63) is 29.8 Å². The van der Waals surface area contributed by atoms with Crippen LogP contribution in [0.4, 0.5) is 5.69 Å². The van der Waals surface area contributed by atoms with Gasteiger partial charge in [-0.05, 0) is 24.3 Å². The van der Waals surface area contributed by atoms with Gasteiger partial charge in [0.25, 0.3) is 5.91 Å². The fourth-order valence-electron chi connectivity index (χ4n) is 1.07. The van der Waals surface area contributed by atoms with Crippen molar-refractivity contribution < 1.29 is 9.59 Å². The molecule has 2 amide bonds. The Balaban J connectivity index is 2.56. The molecule has 0 heterocycles. The summed E-state index contributed by atoms with van der Waals surface area (Å²) in [5.74, 6) is 4.65. The van der Waals surface area contributed by atoms with E-state index in [2.05, 4.69) is 16.1 Å².